The number of aromatic nitrogens is 1. The van der Waals surface area contributed by atoms with Crippen molar-refractivity contribution in [2.24, 2.45) is 5.92 Å². The summed E-state index contributed by atoms with van der Waals surface area (Å²) < 4.78 is 0. The van der Waals surface area contributed by atoms with E-state index >= 15 is 0 Å². The summed E-state index contributed by atoms with van der Waals surface area (Å²) in [5, 5.41) is 5.72. The molecule has 0 saturated heterocycles. The fourth-order valence-electron chi connectivity index (χ4n) is 2.12. The van der Waals surface area contributed by atoms with Crippen molar-refractivity contribution in [1.82, 2.24) is 15.6 Å². The van der Waals surface area contributed by atoms with Crippen LogP contribution in [0.4, 0.5) is 0 Å². The molecule has 1 heterocycles. The highest BCUT2D eigenvalue weighted by atomic mass is 16.2. The molecule has 5 nitrogen and oxygen atoms in total. The Bertz CT molecular complexity index is 460. The smallest absolute Gasteiger partial charge is 0.242 e. The number of pyridine rings is 1. The van der Waals surface area contributed by atoms with Gasteiger partial charge in [-0.3, -0.25) is 14.6 Å². The second-order valence-electron chi connectivity index (χ2n) is 5.93. The van der Waals surface area contributed by atoms with E-state index < -0.39 is 6.04 Å². The molecule has 1 rings (SSSR count). The number of rotatable bonds is 9. The fraction of sp³-hybridized carbons (Fsp3) is 0.588. The first-order chi connectivity index (χ1) is 10.5. The third-order valence-corrected chi connectivity index (χ3v) is 3.31. The Balaban J connectivity index is 2.54. The maximum atomic E-state index is 12.3. The van der Waals surface area contributed by atoms with Gasteiger partial charge in [-0.15, -0.1) is 0 Å². The third-order valence-electron chi connectivity index (χ3n) is 3.31. The van der Waals surface area contributed by atoms with Crippen LogP contribution in [0, 0.1) is 5.92 Å². The van der Waals surface area contributed by atoms with Crippen molar-refractivity contribution in [3.63, 3.8) is 0 Å². The molecule has 0 fully saturated rings. The first-order valence-electron chi connectivity index (χ1n) is 7.98. The summed E-state index contributed by atoms with van der Waals surface area (Å²) in [6, 6.07) is 3.27. The number of hydrogen-bond acceptors (Lipinski definition) is 3. The highest BCUT2D eigenvalue weighted by Gasteiger charge is 2.21. The summed E-state index contributed by atoms with van der Waals surface area (Å²) in [7, 11) is 0. The Hall–Kier alpha value is -1.91. The molecule has 1 aromatic rings. The van der Waals surface area contributed by atoms with Gasteiger partial charge in [0.25, 0.3) is 0 Å². The minimum absolute atomic E-state index is 0.0518. The number of hydrogen-bond donors (Lipinski definition) is 2. The van der Waals surface area contributed by atoms with E-state index in [1.807, 2.05) is 32.9 Å². The van der Waals surface area contributed by atoms with Gasteiger partial charge < -0.3 is 10.6 Å². The molecule has 1 atom stereocenters. The standard InChI is InChI=1S/C17H27N3O2/c1-4-5-8-16(21)20-15(10-13(2)3)17(22)19-12-14-7-6-9-18-11-14/h6-7,9,11,13,15H,4-5,8,10,12H2,1-3H3,(H,19,22)(H,20,21)/t15-/m1/s1. The normalized spacial score (nSPS) is 12.0. The number of carbonyl (C=O) groups is 2. The summed E-state index contributed by atoms with van der Waals surface area (Å²) >= 11 is 0. The van der Waals surface area contributed by atoms with Crippen LogP contribution in [0.1, 0.15) is 52.0 Å². The van der Waals surface area contributed by atoms with E-state index in [0.717, 1.165) is 18.4 Å². The Labute approximate surface area is 132 Å². The molecule has 5 heteroatoms. The Kier molecular flexibility index (Phi) is 8.18. The van der Waals surface area contributed by atoms with E-state index in [1.54, 1.807) is 12.4 Å². The predicted octanol–water partition coefficient (Wildman–Crippen LogP) is 2.42. The summed E-state index contributed by atoms with van der Waals surface area (Å²) in [6.07, 6.45) is 6.34. The lowest BCUT2D eigenvalue weighted by atomic mass is 10.0. The minimum atomic E-state index is -0.471. The van der Waals surface area contributed by atoms with Crippen molar-refractivity contribution in [3.05, 3.63) is 30.1 Å². The molecule has 0 aliphatic carbocycles. The lowest BCUT2D eigenvalue weighted by Gasteiger charge is -2.20. The van der Waals surface area contributed by atoms with Crippen molar-refractivity contribution in [1.29, 1.82) is 0 Å². The van der Waals surface area contributed by atoms with Crippen LogP contribution in [-0.2, 0) is 16.1 Å². The van der Waals surface area contributed by atoms with Crippen molar-refractivity contribution < 1.29 is 9.59 Å². The van der Waals surface area contributed by atoms with Gasteiger partial charge in [0.15, 0.2) is 0 Å². The molecule has 0 aliphatic heterocycles. The molecule has 0 bridgehead atoms. The minimum Gasteiger partial charge on any atom is -0.350 e. The number of nitrogens with zero attached hydrogens (tertiary/aromatic N) is 1. The van der Waals surface area contributed by atoms with E-state index in [0.29, 0.717) is 25.3 Å². The first kappa shape index (κ1) is 18.1. The Morgan fingerprint density at radius 1 is 1.32 bits per heavy atom. The van der Waals surface area contributed by atoms with Crippen LogP contribution in [0.25, 0.3) is 0 Å². The largest absolute Gasteiger partial charge is 0.350 e. The van der Waals surface area contributed by atoms with Gasteiger partial charge in [0.2, 0.25) is 11.8 Å². The predicted molar refractivity (Wildman–Crippen MR) is 87.0 cm³/mol. The molecule has 2 N–H and O–H groups in total. The average molecular weight is 305 g/mol. The molecule has 122 valence electrons. The first-order valence-corrected chi connectivity index (χ1v) is 7.98. The summed E-state index contributed by atoms with van der Waals surface area (Å²) in [6.45, 7) is 6.55. The number of nitrogens with one attached hydrogen (secondary N) is 2. The highest BCUT2D eigenvalue weighted by molar-refractivity contribution is 5.87. The van der Waals surface area contributed by atoms with Crippen LogP contribution >= 0.6 is 0 Å². The zero-order valence-electron chi connectivity index (χ0n) is 13.8. The van der Waals surface area contributed by atoms with E-state index in [1.165, 1.54) is 0 Å². The topological polar surface area (TPSA) is 71.1 Å². The zero-order valence-corrected chi connectivity index (χ0v) is 13.8. The van der Waals surface area contributed by atoms with Gasteiger partial charge in [-0.25, -0.2) is 0 Å². The van der Waals surface area contributed by atoms with Crippen molar-refractivity contribution >= 4 is 11.8 Å². The van der Waals surface area contributed by atoms with Gasteiger partial charge in [0.1, 0.15) is 6.04 Å². The summed E-state index contributed by atoms with van der Waals surface area (Å²) in [5.74, 6) is 0.145. The molecule has 0 saturated carbocycles. The van der Waals surface area contributed by atoms with Crippen LogP contribution < -0.4 is 10.6 Å². The quantitative estimate of drug-likeness (QED) is 0.736. The van der Waals surface area contributed by atoms with Crippen molar-refractivity contribution in [2.45, 2.75) is 59.0 Å². The number of amides is 2. The van der Waals surface area contributed by atoms with E-state index in [-0.39, 0.29) is 11.8 Å². The molecule has 0 unspecified atom stereocenters. The van der Waals surface area contributed by atoms with Gasteiger partial charge in [-0.05, 0) is 30.4 Å². The average Bonchev–Trinajstić information content (AvgIpc) is 2.50. The maximum absolute atomic E-state index is 12.3. The second kappa shape index (κ2) is 9.92. The van der Waals surface area contributed by atoms with E-state index in [9.17, 15) is 9.59 Å². The van der Waals surface area contributed by atoms with Crippen LogP contribution in [0.5, 0.6) is 0 Å². The highest BCUT2D eigenvalue weighted by Crippen LogP contribution is 2.06. The van der Waals surface area contributed by atoms with Crippen LogP contribution in [0.3, 0.4) is 0 Å². The SMILES string of the molecule is CCCCC(=O)N[C@H](CC(C)C)C(=O)NCc1cccnc1. The lowest BCUT2D eigenvalue weighted by molar-refractivity contribution is -0.129. The molecular formula is C17H27N3O2. The molecule has 22 heavy (non-hydrogen) atoms. The second-order valence-corrected chi connectivity index (χ2v) is 5.93. The molecule has 1 aromatic heterocycles. The van der Waals surface area contributed by atoms with Crippen molar-refractivity contribution in [2.75, 3.05) is 0 Å². The maximum Gasteiger partial charge on any atom is 0.242 e. The van der Waals surface area contributed by atoms with Gasteiger partial charge in [0.05, 0.1) is 0 Å². The van der Waals surface area contributed by atoms with E-state index in [2.05, 4.69) is 15.6 Å². The van der Waals surface area contributed by atoms with E-state index in [4.69, 9.17) is 0 Å². The summed E-state index contributed by atoms with van der Waals surface area (Å²) in [4.78, 5) is 28.2. The van der Waals surface area contributed by atoms with Crippen LogP contribution in [0.15, 0.2) is 24.5 Å². The third kappa shape index (κ3) is 7.20. The van der Waals surface area contributed by atoms with Gasteiger partial charge in [0, 0.05) is 25.4 Å². The van der Waals surface area contributed by atoms with Gasteiger partial charge in [-0.2, -0.15) is 0 Å². The van der Waals surface area contributed by atoms with Gasteiger partial charge in [-0.1, -0.05) is 33.3 Å². The van der Waals surface area contributed by atoms with Crippen LogP contribution in [0.2, 0.25) is 0 Å². The molecule has 2 amide bonds. The van der Waals surface area contributed by atoms with Crippen LogP contribution in [-0.4, -0.2) is 22.8 Å². The lowest BCUT2D eigenvalue weighted by Crippen LogP contribution is -2.47. The molecular weight excluding hydrogens is 278 g/mol. The Morgan fingerprint density at radius 3 is 2.68 bits per heavy atom. The fourth-order valence-corrected chi connectivity index (χ4v) is 2.12. The molecule has 0 aromatic carbocycles. The monoisotopic (exact) mass is 305 g/mol. The van der Waals surface area contributed by atoms with Crippen molar-refractivity contribution in [3.8, 4) is 0 Å². The Morgan fingerprint density at radius 2 is 2.09 bits per heavy atom. The zero-order chi connectivity index (χ0) is 16.4. The molecule has 0 spiro atoms. The molecule has 0 radical (unpaired) electrons. The van der Waals surface area contributed by atoms with Gasteiger partial charge >= 0.3 is 0 Å². The summed E-state index contributed by atoms with van der Waals surface area (Å²) in [5.41, 5.74) is 0.941. The molecule has 0 aliphatic rings. The number of carbonyl (C=O) groups excluding carboxylic acids is 2. The number of unbranched alkanes of at least 4 members (excludes halogenated alkanes) is 1.